The molecule has 9 heteroatoms. The van der Waals surface area contributed by atoms with Gasteiger partial charge in [-0.15, -0.1) is 0 Å². The normalized spacial score (nSPS) is 26.8. The van der Waals surface area contributed by atoms with E-state index < -0.39 is 25.2 Å². The quantitative estimate of drug-likeness (QED) is 0.754. The second-order valence-corrected chi connectivity index (χ2v) is 11.1. The zero-order chi connectivity index (χ0) is 15.5. The van der Waals surface area contributed by atoms with Gasteiger partial charge in [-0.3, -0.25) is 0 Å². The Morgan fingerprint density at radius 2 is 1.86 bits per heavy atom. The van der Waals surface area contributed by atoms with Crippen molar-refractivity contribution < 1.29 is 16.8 Å². The second kappa shape index (κ2) is 7.16. The molecule has 6 nitrogen and oxygen atoms in total. The molecule has 21 heavy (non-hydrogen) atoms. The molecular formula is C12H24N2O4S3. The minimum atomic E-state index is -3.51. The van der Waals surface area contributed by atoms with Gasteiger partial charge in [0, 0.05) is 23.8 Å². The highest BCUT2D eigenvalue weighted by Gasteiger charge is 2.40. The number of nitrogens with zero attached hydrogens (tertiary/aromatic N) is 1. The zero-order valence-electron chi connectivity index (χ0n) is 12.3. The van der Waals surface area contributed by atoms with Gasteiger partial charge in [-0.1, -0.05) is 6.92 Å². The molecule has 0 spiro atoms. The largest absolute Gasteiger partial charge is 0.317 e. The van der Waals surface area contributed by atoms with Crippen LogP contribution in [-0.2, 0) is 19.9 Å². The van der Waals surface area contributed by atoms with Crippen molar-refractivity contribution in [2.45, 2.75) is 25.1 Å². The Balaban J connectivity index is 2.15. The third kappa shape index (κ3) is 4.34. The lowest BCUT2D eigenvalue weighted by Crippen LogP contribution is -2.52. The summed E-state index contributed by atoms with van der Waals surface area (Å²) in [7, 11) is -6.89. The molecular weight excluding hydrogens is 332 g/mol. The molecule has 0 bridgehead atoms. The van der Waals surface area contributed by atoms with Crippen LogP contribution in [0.4, 0.5) is 0 Å². The van der Waals surface area contributed by atoms with Crippen LogP contribution in [0, 0.1) is 5.92 Å². The minimum Gasteiger partial charge on any atom is -0.317 e. The van der Waals surface area contributed by atoms with Crippen molar-refractivity contribution in [3.05, 3.63) is 0 Å². The van der Waals surface area contributed by atoms with Crippen LogP contribution in [0.3, 0.4) is 0 Å². The van der Waals surface area contributed by atoms with E-state index in [1.807, 2.05) is 0 Å². The van der Waals surface area contributed by atoms with Gasteiger partial charge >= 0.3 is 0 Å². The number of piperidine rings is 1. The molecule has 2 heterocycles. The Morgan fingerprint density at radius 1 is 1.19 bits per heavy atom. The summed E-state index contributed by atoms with van der Waals surface area (Å²) in [6, 6.07) is 0. The average Bonchev–Trinajstić information content (AvgIpc) is 2.48. The fourth-order valence-corrected chi connectivity index (χ4v) is 8.56. The van der Waals surface area contributed by atoms with Crippen LogP contribution in [0.15, 0.2) is 0 Å². The number of rotatable bonds is 5. The average molecular weight is 357 g/mol. The Kier molecular flexibility index (Phi) is 5.98. The van der Waals surface area contributed by atoms with Crippen LogP contribution in [-0.4, -0.2) is 69.2 Å². The van der Waals surface area contributed by atoms with Crippen LogP contribution in [0.5, 0.6) is 0 Å². The summed E-state index contributed by atoms with van der Waals surface area (Å²) in [5, 5.41) is 2.33. The summed E-state index contributed by atoms with van der Waals surface area (Å²) in [5.41, 5.74) is 0. The molecule has 0 amide bonds. The van der Waals surface area contributed by atoms with E-state index in [4.69, 9.17) is 0 Å². The maximum Gasteiger partial charge on any atom is 0.215 e. The maximum atomic E-state index is 12.7. The van der Waals surface area contributed by atoms with Crippen molar-refractivity contribution in [3.8, 4) is 0 Å². The monoisotopic (exact) mass is 356 g/mol. The van der Waals surface area contributed by atoms with E-state index in [2.05, 4.69) is 5.32 Å². The standard InChI is InChI=1S/C12H24N2O4S3/c1-2-20(15,16)12-9-19-8-7-14(12)21(17,18)10-11-3-5-13-6-4-11/h11-13H,2-10H2,1H3. The van der Waals surface area contributed by atoms with Crippen molar-refractivity contribution >= 4 is 31.6 Å². The SMILES string of the molecule is CCS(=O)(=O)C1CSCCN1S(=O)(=O)CC1CCNCC1. The van der Waals surface area contributed by atoms with Gasteiger partial charge in [-0.2, -0.15) is 16.1 Å². The van der Waals surface area contributed by atoms with Gasteiger partial charge in [0.05, 0.1) is 5.75 Å². The van der Waals surface area contributed by atoms with Crippen LogP contribution >= 0.6 is 11.8 Å². The van der Waals surface area contributed by atoms with Crippen molar-refractivity contribution in [3.63, 3.8) is 0 Å². The predicted molar refractivity (Wildman–Crippen MR) is 86.7 cm³/mol. The van der Waals surface area contributed by atoms with Gasteiger partial charge in [-0.25, -0.2) is 16.8 Å². The Hall–Kier alpha value is 0.170. The number of hydrogen-bond donors (Lipinski definition) is 1. The number of nitrogens with one attached hydrogen (secondary N) is 1. The lowest BCUT2D eigenvalue weighted by molar-refractivity contribution is 0.372. The Bertz CT molecular complexity index is 541. The summed E-state index contributed by atoms with van der Waals surface area (Å²) in [4.78, 5) is 0. The summed E-state index contributed by atoms with van der Waals surface area (Å²) in [6.45, 7) is 3.56. The molecule has 124 valence electrons. The molecule has 1 unspecified atom stereocenters. The number of sulfonamides is 1. The third-order valence-electron chi connectivity index (χ3n) is 4.12. The molecule has 2 aliphatic heterocycles. The molecule has 0 radical (unpaired) electrons. The molecule has 1 N–H and O–H groups in total. The van der Waals surface area contributed by atoms with Gasteiger partial charge in [0.25, 0.3) is 0 Å². The Morgan fingerprint density at radius 3 is 2.48 bits per heavy atom. The number of thioether (sulfide) groups is 1. The van der Waals surface area contributed by atoms with Gasteiger partial charge in [-0.05, 0) is 31.8 Å². The smallest absolute Gasteiger partial charge is 0.215 e. The molecule has 0 aliphatic carbocycles. The first-order valence-electron chi connectivity index (χ1n) is 7.36. The lowest BCUT2D eigenvalue weighted by atomic mass is 10.0. The highest BCUT2D eigenvalue weighted by Crippen LogP contribution is 2.26. The summed E-state index contributed by atoms with van der Waals surface area (Å²) < 4.78 is 50.9. The first kappa shape index (κ1) is 17.5. The molecule has 1 atom stereocenters. The van der Waals surface area contributed by atoms with Gasteiger partial charge in [0.2, 0.25) is 10.0 Å². The van der Waals surface area contributed by atoms with Crippen molar-refractivity contribution in [1.82, 2.24) is 9.62 Å². The Labute approximate surface area is 132 Å². The molecule has 2 aliphatic rings. The molecule has 0 saturated carbocycles. The van der Waals surface area contributed by atoms with E-state index in [0.717, 1.165) is 25.9 Å². The van der Waals surface area contributed by atoms with E-state index >= 15 is 0 Å². The highest BCUT2D eigenvalue weighted by molar-refractivity contribution is 8.01. The first-order chi connectivity index (χ1) is 9.87. The molecule has 0 aromatic heterocycles. The maximum absolute atomic E-state index is 12.7. The molecule has 2 rings (SSSR count). The second-order valence-electron chi connectivity index (χ2n) is 5.56. The van der Waals surface area contributed by atoms with Crippen LogP contribution in [0.2, 0.25) is 0 Å². The fraction of sp³-hybridized carbons (Fsp3) is 1.00. The summed E-state index contributed by atoms with van der Waals surface area (Å²) >= 11 is 1.52. The van der Waals surface area contributed by atoms with Crippen molar-refractivity contribution in [1.29, 1.82) is 0 Å². The van der Waals surface area contributed by atoms with Gasteiger partial charge < -0.3 is 5.32 Å². The number of sulfone groups is 1. The summed E-state index contributed by atoms with van der Waals surface area (Å²) in [5.74, 6) is 1.21. The van der Waals surface area contributed by atoms with E-state index in [-0.39, 0.29) is 17.4 Å². The molecule has 0 aromatic carbocycles. The van der Waals surface area contributed by atoms with Gasteiger partial charge in [0.1, 0.15) is 5.37 Å². The topological polar surface area (TPSA) is 83.6 Å². The fourth-order valence-electron chi connectivity index (χ4n) is 2.80. The van der Waals surface area contributed by atoms with E-state index in [0.29, 0.717) is 18.1 Å². The molecule has 2 saturated heterocycles. The summed E-state index contributed by atoms with van der Waals surface area (Å²) in [6.07, 6.45) is 1.68. The van der Waals surface area contributed by atoms with Crippen LogP contribution in [0.1, 0.15) is 19.8 Å². The zero-order valence-corrected chi connectivity index (χ0v) is 14.8. The lowest BCUT2D eigenvalue weighted by Gasteiger charge is -2.35. The van der Waals surface area contributed by atoms with E-state index in [9.17, 15) is 16.8 Å². The van der Waals surface area contributed by atoms with E-state index in [1.165, 1.54) is 16.1 Å². The number of hydrogen-bond acceptors (Lipinski definition) is 6. The van der Waals surface area contributed by atoms with Crippen molar-refractivity contribution in [2.24, 2.45) is 5.92 Å². The predicted octanol–water partition coefficient (Wildman–Crippen LogP) is 0.125. The highest BCUT2D eigenvalue weighted by atomic mass is 32.2. The minimum absolute atomic E-state index is 0.0163. The molecule has 0 aromatic rings. The first-order valence-corrected chi connectivity index (χ1v) is 11.8. The van der Waals surface area contributed by atoms with Gasteiger partial charge in [0.15, 0.2) is 9.84 Å². The van der Waals surface area contributed by atoms with Crippen molar-refractivity contribution in [2.75, 3.05) is 42.6 Å². The third-order valence-corrected chi connectivity index (χ3v) is 9.58. The van der Waals surface area contributed by atoms with Crippen LogP contribution in [0.25, 0.3) is 0 Å². The van der Waals surface area contributed by atoms with E-state index in [1.54, 1.807) is 6.92 Å². The van der Waals surface area contributed by atoms with Crippen LogP contribution < -0.4 is 5.32 Å². The molecule has 2 fully saturated rings.